The minimum absolute atomic E-state index is 0.00898. The third kappa shape index (κ3) is 1.89. The third-order valence-electron chi connectivity index (χ3n) is 4.78. The number of ether oxygens (including phenoxy) is 1. The Morgan fingerprint density at radius 3 is 2.32 bits per heavy atom. The number of aromatic hydroxyl groups is 2. The molecule has 4 N–H and O–H groups in total. The molecule has 0 unspecified atom stereocenters. The van der Waals surface area contributed by atoms with Crippen molar-refractivity contribution in [2.75, 3.05) is 0 Å². The van der Waals surface area contributed by atoms with Gasteiger partial charge in [0.15, 0.2) is 17.3 Å². The number of carbonyl (C=O) groups excluding carboxylic acids is 3. The van der Waals surface area contributed by atoms with Crippen molar-refractivity contribution in [2.24, 2.45) is 5.73 Å². The smallest absolute Gasteiger partial charge is 0.194 e. The molecule has 0 saturated carbocycles. The highest BCUT2D eigenvalue weighted by Crippen LogP contribution is 2.57. The molecule has 25 heavy (non-hydrogen) atoms. The van der Waals surface area contributed by atoms with Crippen LogP contribution in [0, 0.1) is 6.92 Å². The van der Waals surface area contributed by atoms with Crippen LogP contribution in [0.4, 0.5) is 0 Å². The molecule has 0 amide bonds. The first-order valence-corrected chi connectivity index (χ1v) is 7.58. The largest absolute Gasteiger partial charge is 0.507 e. The molecule has 3 rings (SSSR count). The summed E-state index contributed by atoms with van der Waals surface area (Å²) in [6.45, 7) is 5.58. The van der Waals surface area contributed by atoms with E-state index < -0.39 is 28.5 Å². The number of carbonyl (C=O) groups is 3. The lowest BCUT2D eigenvalue weighted by molar-refractivity contribution is -0.123. The number of nitrogens with two attached hydrogens (primary N) is 1. The summed E-state index contributed by atoms with van der Waals surface area (Å²) in [7, 11) is 0. The molecule has 1 aromatic rings. The van der Waals surface area contributed by atoms with E-state index in [0.29, 0.717) is 0 Å². The molecule has 0 bridgehead atoms. The van der Waals surface area contributed by atoms with Crippen molar-refractivity contribution < 1.29 is 29.3 Å². The van der Waals surface area contributed by atoms with E-state index in [1.54, 1.807) is 0 Å². The van der Waals surface area contributed by atoms with Gasteiger partial charge in [0.2, 0.25) is 0 Å². The second-order valence-corrected chi connectivity index (χ2v) is 6.44. The first kappa shape index (κ1) is 16.8. The van der Waals surface area contributed by atoms with Gasteiger partial charge >= 0.3 is 0 Å². The number of hydrogen-bond donors (Lipinski definition) is 3. The Bertz CT molecular complexity index is 949. The summed E-state index contributed by atoms with van der Waals surface area (Å²) in [6.07, 6.45) is 1.13. The van der Waals surface area contributed by atoms with E-state index in [-0.39, 0.29) is 45.2 Å². The van der Waals surface area contributed by atoms with Crippen LogP contribution in [0.2, 0.25) is 0 Å². The number of phenols is 2. The van der Waals surface area contributed by atoms with Crippen LogP contribution in [0.15, 0.2) is 23.1 Å². The highest BCUT2D eigenvalue weighted by atomic mass is 16.5. The molecule has 1 atom stereocenters. The SMILES string of the molecule is CC(=O)c1c(O)c(C)c(O)c2c1OC1=CC(=O)/C(=C(/C)N)C(=O)[C@@]12C. The minimum Gasteiger partial charge on any atom is -0.507 e. The standard InChI is InChI=1S/C18H17NO6/c1-6-14(22)12(8(3)20)16-13(15(6)23)18(4)10(25-16)5-9(21)11(7(2)19)17(18)24/h5,22-23H,19H2,1-4H3/b11-7+/t18-/m0/s1. The summed E-state index contributed by atoms with van der Waals surface area (Å²) in [5.41, 5.74) is 4.02. The molecule has 0 radical (unpaired) electrons. The normalized spacial score (nSPS) is 23.6. The number of hydrogen-bond acceptors (Lipinski definition) is 7. The number of benzene rings is 1. The van der Waals surface area contributed by atoms with Crippen molar-refractivity contribution in [3.05, 3.63) is 39.8 Å². The first-order valence-electron chi connectivity index (χ1n) is 7.58. The zero-order valence-electron chi connectivity index (χ0n) is 14.2. The van der Waals surface area contributed by atoms with Gasteiger partial charge in [0.1, 0.15) is 34.0 Å². The Labute approximate surface area is 143 Å². The van der Waals surface area contributed by atoms with Crippen molar-refractivity contribution in [3.8, 4) is 17.2 Å². The first-order chi connectivity index (χ1) is 11.5. The number of rotatable bonds is 1. The second kappa shape index (κ2) is 4.95. The van der Waals surface area contributed by atoms with Crippen LogP contribution in [0.25, 0.3) is 0 Å². The average molecular weight is 343 g/mol. The van der Waals surface area contributed by atoms with E-state index >= 15 is 0 Å². The summed E-state index contributed by atoms with van der Waals surface area (Å²) in [4.78, 5) is 37.3. The van der Waals surface area contributed by atoms with Crippen molar-refractivity contribution in [2.45, 2.75) is 33.1 Å². The van der Waals surface area contributed by atoms with Gasteiger partial charge in [0.05, 0.1) is 11.1 Å². The van der Waals surface area contributed by atoms with E-state index in [9.17, 15) is 24.6 Å². The molecule has 7 heteroatoms. The van der Waals surface area contributed by atoms with Crippen LogP contribution >= 0.6 is 0 Å². The van der Waals surface area contributed by atoms with Gasteiger partial charge < -0.3 is 20.7 Å². The van der Waals surface area contributed by atoms with Crippen LogP contribution in [0.1, 0.15) is 42.3 Å². The zero-order valence-corrected chi connectivity index (χ0v) is 14.2. The Hall–Kier alpha value is -3.09. The summed E-state index contributed by atoms with van der Waals surface area (Å²) in [5, 5.41) is 20.8. The fraction of sp³-hybridized carbons (Fsp3) is 0.278. The van der Waals surface area contributed by atoms with E-state index in [4.69, 9.17) is 10.5 Å². The predicted molar refractivity (Wildman–Crippen MR) is 87.5 cm³/mol. The highest BCUT2D eigenvalue weighted by Gasteiger charge is 2.56. The maximum absolute atomic E-state index is 13.0. The molecule has 0 spiro atoms. The summed E-state index contributed by atoms with van der Waals surface area (Å²) in [5.74, 6) is -2.62. The van der Waals surface area contributed by atoms with Gasteiger partial charge in [-0.05, 0) is 27.7 Å². The molecule has 1 aromatic carbocycles. The molecule has 130 valence electrons. The Morgan fingerprint density at radius 1 is 1.20 bits per heavy atom. The van der Waals surface area contributed by atoms with Gasteiger partial charge in [-0.25, -0.2) is 0 Å². The molecule has 2 aliphatic rings. The summed E-state index contributed by atoms with van der Waals surface area (Å²) < 4.78 is 5.61. The minimum atomic E-state index is -1.51. The molecule has 1 aliphatic heterocycles. The average Bonchev–Trinajstić information content (AvgIpc) is 2.78. The number of ketones is 3. The fourth-order valence-corrected chi connectivity index (χ4v) is 3.38. The lowest BCUT2D eigenvalue weighted by atomic mass is 9.70. The topological polar surface area (TPSA) is 127 Å². The number of allylic oxidation sites excluding steroid dienone is 4. The van der Waals surface area contributed by atoms with Crippen LogP contribution in [0.5, 0.6) is 17.2 Å². The van der Waals surface area contributed by atoms with Gasteiger partial charge in [0, 0.05) is 17.3 Å². The highest BCUT2D eigenvalue weighted by molar-refractivity contribution is 6.31. The van der Waals surface area contributed by atoms with Crippen LogP contribution < -0.4 is 10.5 Å². The number of Topliss-reactive ketones (excluding diaryl/α,β-unsaturated/α-hetero) is 2. The molecule has 1 heterocycles. The lowest BCUT2D eigenvalue weighted by Crippen LogP contribution is -2.40. The lowest BCUT2D eigenvalue weighted by Gasteiger charge is -2.28. The molecule has 0 saturated heterocycles. The second-order valence-electron chi connectivity index (χ2n) is 6.44. The summed E-state index contributed by atoms with van der Waals surface area (Å²) in [6, 6.07) is 0. The van der Waals surface area contributed by atoms with Gasteiger partial charge in [-0.1, -0.05) is 0 Å². The van der Waals surface area contributed by atoms with Gasteiger partial charge in [-0.3, -0.25) is 14.4 Å². The quantitative estimate of drug-likeness (QED) is 0.401. The Balaban J connectivity index is 2.46. The molecule has 1 aliphatic carbocycles. The van der Waals surface area contributed by atoms with Crippen LogP contribution in [-0.4, -0.2) is 27.6 Å². The molecular formula is C18H17NO6. The zero-order chi connectivity index (χ0) is 18.8. The van der Waals surface area contributed by atoms with Gasteiger partial charge in [-0.15, -0.1) is 0 Å². The van der Waals surface area contributed by atoms with E-state index in [2.05, 4.69) is 0 Å². The van der Waals surface area contributed by atoms with Crippen LogP contribution in [-0.2, 0) is 15.0 Å². The van der Waals surface area contributed by atoms with Crippen molar-refractivity contribution >= 4 is 17.3 Å². The van der Waals surface area contributed by atoms with Crippen molar-refractivity contribution in [1.82, 2.24) is 0 Å². The number of fused-ring (bicyclic) bond motifs is 3. The Morgan fingerprint density at radius 2 is 1.80 bits per heavy atom. The van der Waals surface area contributed by atoms with E-state index in [1.807, 2.05) is 0 Å². The van der Waals surface area contributed by atoms with Gasteiger partial charge in [-0.2, -0.15) is 0 Å². The maximum atomic E-state index is 13.0. The maximum Gasteiger partial charge on any atom is 0.194 e. The molecule has 0 fully saturated rings. The molecule has 7 nitrogen and oxygen atoms in total. The summed E-state index contributed by atoms with van der Waals surface area (Å²) >= 11 is 0. The molecule has 0 aromatic heterocycles. The van der Waals surface area contributed by atoms with Crippen LogP contribution in [0.3, 0.4) is 0 Å². The fourth-order valence-electron chi connectivity index (χ4n) is 3.38. The Kier molecular flexibility index (Phi) is 3.32. The monoisotopic (exact) mass is 343 g/mol. The number of phenolic OH excluding ortho intramolecular Hbond substituents is 2. The van der Waals surface area contributed by atoms with Crippen molar-refractivity contribution in [1.29, 1.82) is 0 Å². The van der Waals surface area contributed by atoms with Crippen molar-refractivity contribution in [3.63, 3.8) is 0 Å². The predicted octanol–water partition coefficient (Wildman–Crippen LogP) is 1.53. The van der Waals surface area contributed by atoms with E-state index in [1.165, 1.54) is 27.7 Å². The third-order valence-corrected chi connectivity index (χ3v) is 4.78. The molecular weight excluding hydrogens is 326 g/mol. The van der Waals surface area contributed by atoms with E-state index in [0.717, 1.165) is 6.08 Å². The van der Waals surface area contributed by atoms with Gasteiger partial charge in [0.25, 0.3) is 0 Å².